The van der Waals surface area contributed by atoms with Gasteiger partial charge in [-0.3, -0.25) is 14.8 Å². The van der Waals surface area contributed by atoms with E-state index in [9.17, 15) is 14.3 Å². The van der Waals surface area contributed by atoms with Crippen molar-refractivity contribution in [2.45, 2.75) is 57.5 Å². The van der Waals surface area contributed by atoms with Gasteiger partial charge in [-0.05, 0) is 69.0 Å². The Kier molecular flexibility index (Phi) is 5.48. The van der Waals surface area contributed by atoms with Crippen LogP contribution in [0.2, 0.25) is 0 Å². The molecule has 0 saturated heterocycles. The molecule has 3 aromatic rings. The van der Waals surface area contributed by atoms with Crippen molar-refractivity contribution in [3.8, 4) is 11.1 Å². The van der Waals surface area contributed by atoms with Crippen LogP contribution in [-0.4, -0.2) is 20.9 Å². The SMILES string of the molecule is Cc1cc(C(C)(C)O)c(-c2ccc(C3(C(=O)Cc4ccc(F)cc4)CCC3)nc2)cn1. The molecule has 0 radical (unpaired) electrons. The Morgan fingerprint density at radius 3 is 2.35 bits per heavy atom. The molecule has 1 fully saturated rings. The maximum absolute atomic E-state index is 13.2. The third kappa shape index (κ3) is 4.15. The van der Waals surface area contributed by atoms with Gasteiger partial charge in [0.1, 0.15) is 11.6 Å². The number of hydrogen-bond donors (Lipinski definition) is 1. The smallest absolute Gasteiger partial charge is 0.149 e. The molecule has 0 amide bonds. The Morgan fingerprint density at radius 2 is 1.81 bits per heavy atom. The number of nitrogens with zero attached hydrogens (tertiary/aromatic N) is 2. The maximum Gasteiger partial charge on any atom is 0.149 e. The van der Waals surface area contributed by atoms with E-state index in [1.807, 2.05) is 25.1 Å². The summed E-state index contributed by atoms with van der Waals surface area (Å²) in [5.41, 5.74) is 3.32. The summed E-state index contributed by atoms with van der Waals surface area (Å²) >= 11 is 0. The molecule has 0 bridgehead atoms. The summed E-state index contributed by atoms with van der Waals surface area (Å²) in [5.74, 6) is -0.178. The summed E-state index contributed by atoms with van der Waals surface area (Å²) in [6.07, 6.45) is 6.35. The summed E-state index contributed by atoms with van der Waals surface area (Å²) in [4.78, 5) is 22.3. The molecule has 0 atom stereocenters. The summed E-state index contributed by atoms with van der Waals surface area (Å²) in [6, 6.07) is 11.9. The molecule has 0 unspecified atom stereocenters. The average molecular weight is 419 g/mol. The third-order valence-corrected chi connectivity index (χ3v) is 6.28. The van der Waals surface area contributed by atoms with Crippen LogP contribution in [0.4, 0.5) is 4.39 Å². The quantitative estimate of drug-likeness (QED) is 0.608. The normalized spacial score (nSPS) is 15.4. The van der Waals surface area contributed by atoms with Gasteiger partial charge in [0.25, 0.3) is 0 Å². The van der Waals surface area contributed by atoms with E-state index in [1.54, 1.807) is 38.4 Å². The average Bonchev–Trinajstić information content (AvgIpc) is 2.69. The van der Waals surface area contributed by atoms with Gasteiger partial charge < -0.3 is 5.11 Å². The highest BCUT2D eigenvalue weighted by Gasteiger charge is 2.46. The summed E-state index contributed by atoms with van der Waals surface area (Å²) < 4.78 is 13.2. The van der Waals surface area contributed by atoms with Crippen LogP contribution in [0.3, 0.4) is 0 Å². The van der Waals surface area contributed by atoms with Gasteiger partial charge in [0.05, 0.1) is 16.7 Å². The maximum atomic E-state index is 13.2. The molecule has 160 valence electrons. The molecule has 1 aliphatic rings. The van der Waals surface area contributed by atoms with E-state index in [4.69, 9.17) is 0 Å². The molecule has 5 heteroatoms. The van der Waals surface area contributed by atoms with Crippen LogP contribution in [-0.2, 0) is 22.2 Å². The van der Waals surface area contributed by atoms with Crippen molar-refractivity contribution in [1.82, 2.24) is 9.97 Å². The molecule has 1 aromatic carbocycles. The number of aromatic nitrogens is 2. The predicted molar refractivity (Wildman–Crippen MR) is 118 cm³/mol. The van der Waals surface area contributed by atoms with Crippen LogP contribution in [0, 0.1) is 12.7 Å². The lowest BCUT2D eigenvalue weighted by molar-refractivity contribution is -0.127. The molecule has 2 heterocycles. The van der Waals surface area contributed by atoms with Gasteiger partial charge in [-0.1, -0.05) is 24.6 Å². The van der Waals surface area contributed by atoms with Crippen molar-refractivity contribution in [1.29, 1.82) is 0 Å². The lowest BCUT2D eigenvalue weighted by Crippen LogP contribution is -2.44. The summed E-state index contributed by atoms with van der Waals surface area (Å²) in [5, 5.41) is 10.6. The topological polar surface area (TPSA) is 63.1 Å². The first-order valence-electron chi connectivity index (χ1n) is 10.6. The number of pyridine rings is 2. The minimum Gasteiger partial charge on any atom is -0.386 e. The number of hydrogen-bond acceptors (Lipinski definition) is 4. The van der Waals surface area contributed by atoms with Crippen LogP contribution in [0.15, 0.2) is 54.9 Å². The van der Waals surface area contributed by atoms with Crippen molar-refractivity contribution in [2.24, 2.45) is 0 Å². The van der Waals surface area contributed by atoms with E-state index < -0.39 is 11.0 Å². The molecule has 1 aliphatic carbocycles. The molecular weight excluding hydrogens is 391 g/mol. The minimum absolute atomic E-state index is 0.125. The predicted octanol–water partition coefficient (Wildman–Crippen LogP) is 5.05. The molecule has 2 aromatic heterocycles. The number of ketones is 1. The summed E-state index contributed by atoms with van der Waals surface area (Å²) in [7, 11) is 0. The molecule has 0 aliphatic heterocycles. The molecule has 1 N–H and O–H groups in total. The van der Waals surface area contributed by atoms with Crippen molar-refractivity contribution < 1.29 is 14.3 Å². The van der Waals surface area contributed by atoms with E-state index >= 15 is 0 Å². The van der Waals surface area contributed by atoms with Gasteiger partial charge in [-0.15, -0.1) is 0 Å². The lowest BCUT2D eigenvalue weighted by atomic mass is 9.62. The fraction of sp³-hybridized carbons (Fsp3) is 0.346. The number of aryl methyl sites for hydroxylation is 1. The zero-order valence-electron chi connectivity index (χ0n) is 18.2. The fourth-order valence-corrected chi connectivity index (χ4v) is 4.30. The lowest BCUT2D eigenvalue weighted by Gasteiger charge is -2.40. The standard InChI is InChI=1S/C26H27FN2O2/c1-17-13-22(25(2,3)31)21(16-28-17)19-7-10-23(29-15-19)26(11-4-12-26)24(30)14-18-5-8-20(27)9-6-18/h5-10,13,15-16,31H,4,11-12,14H2,1-3H3. The van der Waals surface area contributed by atoms with Crippen LogP contribution in [0.25, 0.3) is 11.1 Å². The zero-order valence-corrected chi connectivity index (χ0v) is 18.2. The van der Waals surface area contributed by atoms with Crippen molar-refractivity contribution >= 4 is 5.78 Å². The number of carbonyl (C=O) groups is 1. The summed E-state index contributed by atoms with van der Waals surface area (Å²) in [6.45, 7) is 5.41. The Labute approximate surface area is 182 Å². The van der Waals surface area contributed by atoms with Crippen molar-refractivity contribution in [2.75, 3.05) is 0 Å². The van der Waals surface area contributed by atoms with Crippen LogP contribution in [0.1, 0.15) is 55.6 Å². The Morgan fingerprint density at radius 1 is 1.10 bits per heavy atom. The van der Waals surface area contributed by atoms with Crippen LogP contribution < -0.4 is 0 Å². The van der Waals surface area contributed by atoms with Gasteiger partial charge >= 0.3 is 0 Å². The Balaban J connectivity index is 1.63. The van der Waals surface area contributed by atoms with Gasteiger partial charge in [-0.2, -0.15) is 0 Å². The van der Waals surface area contributed by atoms with E-state index in [0.717, 1.165) is 52.9 Å². The minimum atomic E-state index is -1.01. The Hall–Kier alpha value is -2.92. The number of benzene rings is 1. The highest BCUT2D eigenvalue weighted by Crippen LogP contribution is 2.45. The molecular formula is C26H27FN2O2. The largest absolute Gasteiger partial charge is 0.386 e. The van der Waals surface area contributed by atoms with E-state index in [0.29, 0.717) is 0 Å². The van der Waals surface area contributed by atoms with Crippen molar-refractivity contribution in [3.05, 3.63) is 83.2 Å². The number of halogens is 1. The first-order valence-corrected chi connectivity index (χ1v) is 10.6. The van der Waals surface area contributed by atoms with Gasteiger partial charge in [0.2, 0.25) is 0 Å². The molecule has 4 nitrogen and oxygen atoms in total. The van der Waals surface area contributed by atoms with E-state index in [1.165, 1.54) is 12.1 Å². The Bertz CT molecular complexity index is 1100. The first kappa shape index (κ1) is 21.3. The highest BCUT2D eigenvalue weighted by atomic mass is 19.1. The number of carbonyl (C=O) groups excluding carboxylic acids is 1. The monoisotopic (exact) mass is 418 g/mol. The highest BCUT2D eigenvalue weighted by molar-refractivity contribution is 5.92. The third-order valence-electron chi connectivity index (χ3n) is 6.28. The van der Waals surface area contributed by atoms with Gasteiger partial charge in [0.15, 0.2) is 0 Å². The van der Waals surface area contributed by atoms with Gasteiger partial charge in [0, 0.05) is 35.6 Å². The van der Waals surface area contributed by atoms with E-state index in [-0.39, 0.29) is 18.0 Å². The fourth-order valence-electron chi connectivity index (χ4n) is 4.30. The zero-order chi connectivity index (χ0) is 22.2. The number of aliphatic hydroxyl groups is 1. The number of rotatable bonds is 6. The second-order valence-corrected chi connectivity index (χ2v) is 9.02. The van der Waals surface area contributed by atoms with E-state index in [2.05, 4.69) is 9.97 Å². The molecule has 31 heavy (non-hydrogen) atoms. The van der Waals surface area contributed by atoms with Crippen LogP contribution >= 0.6 is 0 Å². The number of Topliss-reactive ketones (excluding diaryl/α,β-unsaturated/α-hetero) is 1. The second-order valence-electron chi connectivity index (χ2n) is 9.02. The first-order chi connectivity index (χ1) is 14.7. The van der Waals surface area contributed by atoms with Crippen LogP contribution in [0.5, 0.6) is 0 Å². The molecule has 4 rings (SSSR count). The van der Waals surface area contributed by atoms with Crippen molar-refractivity contribution in [3.63, 3.8) is 0 Å². The second kappa shape index (κ2) is 7.97. The van der Waals surface area contributed by atoms with Gasteiger partial charge in [-0.25, -0.2) is 4.39 Å². The molecule has 1 saturated carbocycles. The molecule has 0 spiro atoms.